The minimum Gasteiger partial charge on any atom is -0.387 e. The highest BCUT2D eigenvalue weighted by Gasteiger charge is 2.25. The number of hydrogen-bond acceptors (Lipinski definition) is 5. The van der Waals surface area contributed by atoms with E-state index < -0.39 is 5.76 Å². The molecule has 1 saturated carbocycles. The van der Waals surface area contributed by atoms with Gasteiger partial charge in [-0.3, -0.25) is 4.79 Å². The molecule has 0 saturated heterocycles. The molecule has 1 N–H and O–H groups in total. The molecule has 1 fully saturated rings. The predicted octanol–water partition coefficient (Wildman–Crippen LogP) is 3.04. The summed E-state index contributed by atoms with van der Waals surface area (Å²) in [6, 6.07) is 3.99. The summed E-state index contributed by atoms with van der Waals surface area (Å²) in [7, 11) is 0. The van der Waals surface area contributed by atoms with E-state index in [1.54, 1.807) is 0 Å². The molecule has 1 aliphatic carbocycles. The maximum atomic E-state index is 12.2. The summed E-state index contributed by atoms with van der Waals surface area (Å²) in [6.45, 7) is 2.42. The number of hydrogen-bond donors (Lipinski definition) is 1. The second kappa shape index (κ2) is 7.79. The number of amides is 1. The van der Waals surface area contributed by atoms with Crippen molar-refractivity contribution in [1.29, 1.82) is 0 Å². The Labute approximate surface area is 144 Å². The van der Waals surface area contributed by atoms with Crippen molar-refractivity contribution in [2.75, 3.05) is 0 Å². The molecule has 2 atom stereocenters. The zero-order chi connectivity index (χ0) is 16.9. The number of thiophene rings is 1. The topological polar surface area (TPSA) is 77.1 Å². The van der Waals surface area contributed by atoms with E-state index in [2.05, 4.69) is 17.3 Å². The molecule has 0 radical (unpaired) electrons. The molecule has 1 aliphatic rings. The standard InChI is InChI=1S/C17H23N3O3S/c1-2-12-6-3-4-7-13(12)18-15(21)9-10-20-17(22)23-16(19-20)14-8-5-11-24-14/h5,8,11-13H,2-4,6-7,9-10H2,1H3,(H,18,21)/t12-,13-/m1/s1. The summed E-state index contributed by atoms with van der Waals surface area (Å²) in [5.74, 6) is 0.347. The number of carbonyl (C=O) groups is 1. The van der Waals surface area contributed by atoms with Crippen LogP contribution in [0, 0.1) is 5.92 Å². The second-order valence-corrected chi connectivity index (χ2v) is 7.20. The van der Waals surface area contributed by atoms with Gasteiger partial charge in [0.15, 0.2) is 0 Å². The van der Waals surface area contributed by atoms with E-state index in [1.165, 1.54) is 35.3 Å². The maximum Gasteiger partial charge on any atom is 0.437 e. The number of aromatic nitrogens is 2. The Morgan fingerprint density at radius 1 is 1.46 bits per heavy atom. The van der Waals surface area contributed by atoms with Gasteiger partial charge >= 0.3 is 5.76 Å². The molecule has 0 unspecified atom stereocenters. The molecule has 130 valence electrons. The summed E-state index contributed by atoms with van der Waals surface area (Å²) in [4.78, 5) is 24.9. The molecular formula is C17H23N3O3S. The third-order valence-electron chi connectivity index (χ3n) is 4.67. The quantitative estimate of drug-likeness (QED) is 0.869. The van der Waals surface area contributed by atoms with Gasteiger partial charge in [0.25, 0.3) is 5.89 Å². The fraction of sp³-hybridized carbons (Fsp3) is 0.588. The van der Waals surface area contributed by atoms with Crippen LogP contribution in [0.5, 0.6) is 0 Å². The normalized spacial score (nSPS) is 20.9. The first-order valence-corrected chi connectivity index (χ1v) is 9.46. The Morgan fingerprint density at radius 3 is 3.04 bits per heavy atom. The molecule has 0 bridgehead atoms. The summed E-state index contributed by atoms with van der Waals surface area (Å²) in [6.07, 6.45) is 6.01. The van der Waals surface area contributed by atoms with E-state index in [0.29, 0.717) is 11.8 Å². The van der Waals surface area contributed by atoms with Gasteiger partial charge in [-0.25, -0.2) is 4.79 Å². The Kier molecular flexibility index (Phi) is 5.50. The zero-order valence-corrected chi connectivity index (χ0v) is 14.7. The molecule has 1 amide bonds. The smallest absolute Gasteiger partial charge is 0.387 e. The van der Waals surface area contributed by atoms with Crippen molar-refractivity contribution in [3.63, 3.8) is 0 Å². The van der Waals surface area contributed by atoms with Gasteiger partial charge in [0.1, 0.15) is 0 Å². The highest BCUT2D eigenvalue weighted by Crippen LogP contribution is 2.26. The van der Waals surface area contributed by atoms with Gasteiger partial charge < -0.3 is 9.73 Å². The first-order chi connectivity index (χ1) is 11.7. The van der Waals surface area contributed by atoms with Gasteiger partial charge in [-0.1, -0.05) is 32.3 Å². The Bertz CT molecular complexity index is 720. The van der Waals surface area contributed by atoms with Crippen LogP contribution >= 0.6 is 11.3 Å². The third kappa shape index (κ3) is 3.95. The van der Waals surface area contributed by atoms with Crippen LogP contribution in [0.15, 0.2) is 26.7 Å². The molecule has 0 spiro atoms. The van der Waals surface area contributed by atoms with Crippen LogP contribution in [0.4, 0.5) is 0 Å². The largest absolute Gasteiger partial charge is 0.437 e. The van der Waals surface area contributed by atoms with Gasteiger partial charge in [-0.2, -0.15) is 4.68 Å². The lowest BCUT2D eigenvalue weighted by atomic mass is 9.83. The maximum absolute atomic E-state index is 12.2. The van der Waals surface area contributed by atoms with Crippen LogP contribution in [0.3, 0.4) is 0 Å². The minimum atomic E-state index is -0.518. The van der Waals surface area contributed by atoms with E-state index >= 15 is 0 Å². The van der Waals surface area contributed by atoms with Gasteiger partial charge in [0, 0.05) is 12.5 Å². The van der Waals surface area contributed by atoms with Crippen molar-refractivity contribution < 1.29 is 9.21 Å². The summed E-state index contributed by atoms with van der Waals surface area (Å²) in [5.41, 5.74) is 0. The van der Waals surface area contributed by atoms with Crippen molar-refractivity contribution in [1.82, 2.24) is 15.1 Å². The van der Waals surface area contributed by atoms with Crippen LogP contribution in [-0.4, -0.2) is 21.7 Å². The van der Waals surface area contributed by atoms with Crippen molar-refractivity contribution in [2.24, 2.45) is 5.92 Å². The first-order valence-electron chi connectivity index (χ1n) is 8.58. The van der Waals surface area contributed by atoms with Crippen molar-refractivity contribution >= 4 is 17.2 Å². The van der Waals surface area contributed by atoms with Crippen LogP contribution in [0.1, 0.15) is 45.4 Å². The van der Waals surface area contributed by atoms with Gasteiger partial charge in [-0.05, 0) is 30.2 Å². The van der Waals surface area contributed by atoms with E-state index in [-0.39, 0.29) is 24.9 Å². The van der Waals surface area contributed by atoms with Crippen LogP contribution < -0.4 is 11.1 Å². The van der Waals surface area contributed by atoms with Crippen molar-refractivity contribution in [3.05, 3.63) is 28.1 Å². The number of nitrogens with zero attached hydrogens (tertiary/aromatic N) is 2. The molecule has 2 aromatic rings. The van der Waals surface area contributed by atoms with Crippen molar-refractivity contribution in [2.45, 2.75) is 58.0 Å². The van der Waals surface area contributed by atoms with Gasteiger partial charge in [0.2, 0.25) is 5.91 Å². The molecule has 24 heavy (non-hydrogen) atoms. The molecule has 6 nitrogen and oxygen atoms in total. The fourth-order valence-electron chi connectivity index (χ4n) is 3.32. The molecule has 0 aliphatic heterocycles. The second-order valence-electron chi connectivity index (χ2n) is 6.25. The zero-order valence-electron chi connectivity index (χ0n) is 13.9. The third-order valence-corrected chi connectivity index (χ3v) is 5.53. The molecule has 2 heterocycles. The monoisotopic (exact) mass is 349 g/mol. The summed E-state index contributed by atoms with van der Waals surface area (Å²) in [5, 5.41) is 9.20. The summed E-state index contributed by atoms with van der Waals surface area (Å²) >= 11 is 1.46. The van der Waals surface area contributed by atoms with E-state index in [1.807, 2.05) is 17.5 Å². The van der Waals surface area contributed by atoms with Crippen LogP contribution in [0.25, 0.3) is 10.8 Å². The highest BCUT2D eigenvalue weighted by atomic mass is 32.1. The fourth-order valence-corrected chi connectivity index (χ4v) is 3.96. The predicted molar refractivity (Wildman–Crippen MR) is 92.9 cm³/mol. The number of nitrogens with one attached hydrogen (secondary N) is 1. The molecule has 0 aromatic carbocycles. The van der Waals surface area contributed by atoms with Gasteiger partial charge in [0.05, 0.1) is 11.4 Å². The lowest BCUT2D eigenvalue weighted by molar-refractivity contribution is -0.122. The lowest BCUT2D eigenvalue weighted by Gasteiger charge is -2.31. The van der Waals surface area contributed by atoms with E-state index in [0.717, 1.165) is 17.7 Å². The van der Waals surface area contributed by atoms with E-state index in [9.17, 15) is 9.59 Å². The molecule has 2 aromatic heterocycles. The van der Waals surface area contributed by atoms with E-state index in [4.69, 9.17) is 4.42 Å². The number of rotatable bonds is 6. The summed E-state index contributed by atoms with van der Waals surface area (Å²) < 4.78 is 6.38. The SMILES string of the molecule is CC[C@@H]1CCCC[C@H]1NC(=O)CCn1nc(-c2cccs2)oc1=O. The van der Waals surface area contributed by atoms with Crippen LogP contribution in [0.2, 0.25) is 0 Å². The molecule has 7 heteroatoms. The van der Waals surface area contributed by atoms with Crippen LogP contribution in [-0.2, 0) is 11.3 Å². The first kappa shape index (κ1) is 17.0. The molecule has 3 rings (SSSR count). The number of carbonyl (C=O) groups excluding carboxylic acids is 1. The Balaban J connectivity index is 1.55. The lowest BCUT2D eigenvalue weighted by Crippen LogP contribution is -2.42. The average molecular weight is 349 g/mol. The highest BCUT2D eigenvalue weighted by molar-refractivity contribution is 7.13. The Morgan fingerprint density at radius 2 is 2.29 bits per heavy atom. The van der Waals surface area contributed by atoms with Gasteiger partial charge in [-0.15, -0.1) is 16.4 Å². The average Bonchev–Trinajstić information content (AvgIpc) is 3.23. The number of aryl methyl sites for hydroxylation is 1. The molecular weight excluding hydrogens is 326 g/mol. The Hall–Kier alpha value is -1.89. The van der Waals surface area contributed by atoms with Crippen molar-refractivity contribution in [3.8, 4) is 10.8 Å². The minimum absolute atomic E-state index is 0.0204.